The van der Waals surface area contributed by atoms with Crippen molar-refractivity contribution < 1.29 is 29.7 Å². The molecule has 0 aliphatic heterocycles. The molecule has 0 aliphatic rings. The molecule has 0 saturated heterocycles. The first-order valence-electron chi connectivity index (χ1n) is 26.6. The predicted octanol–water partition coefficient (Wildman–Crippen LogP) is 15.6. The molecule has 0 fully saturated rings. The van der Waals surface area contributed by atoms with Gasteiger partial charge in [0.2, 0.25) is 0 Å². The van der Waals surface area contributed by atoms with Gasteiger partial charge in [-0.1, -0.05) is 164 Å². The normalized spacial score (nSPS) is 13.8. The predicted molar refractivity (Wildman–Crippen MR) is 284 cm³/mol. The largest absolute Gasteiger partial charge is 0.360 e. The topological polar surface area (TPSA) is 35.6 Å². The molecule has 7 aromatic carbocycles. The molecule has 341 valence electrons. The molecule has 10 rings (SSSR count). The third kappa shape index (κ3) is 9.63. The summed E-state index contributed by atoms with van der Waals surface area (Å²) in [5.41, 5.74) is 11.8. The summed E-state index contributed by atoms with van der Waals surface area (Å²) in [6, 6.07) is 52.5. The van der Waals surface area contributed by atoms with E-state index in [0.29, 0.717) is 28.7 Å². The van der Waals surface area contributed by atoms with Crippen molar-refractivity contribution in [3.05, 3.63) is 192 Å². The van der Waals surface area contributed by atoms with Crippen molar-refractivity contribution in [1.82, 2.24) is 19.1 Å². The van der Waals surface area contributed by atoms with E-state index in [1.54, 1.807) is 12.3 Å². The van der Waals surface area contributed by atoms with Gasteiger partial charge in [-0.25, -0.2) is 0 Å². The maximum atomic E-state index is 8.60. The molecule has 3 heterocycles. The van der Waals surface area contributed by atoms with Crippen LogP contribution in [0, 0.1) is 24.9 Å². The van der Waals surface area contributed by atoms with Crippen LogP contribution in [0.1, 0.15) is 90.8 Å². The van der Waals surface area contributed by atoms with Crippen molar-refractivity contribution in [3.8, 4) is 28.3 Å². The number of nitrogens with zero attached hydrogens (tertiary/aromatic N) is 4. The van der Waals surface area contributed by atoms with E-state index in [1.165, 1.54) is 49.8 Å². The molecule has 0 saturated carbocycles. The first kappa shape index (κ1) is 39.1. The van der Waals surface area contributed by atoms with Gasteiger partial charge in [0.25, 0.3) is 0 Å². The van der Waals surface area contributed by atoms with E-state index in [2.05, 4.69) is 195 Å². The van der Waals surface area contributed by atoms with Crippen LogP contribution in [0.5, 0.6) is 0 Å². The average molecular weight is 1080 g/mol. The minimum absolute atomic E-state index is 0. The zero-order valence-electron chi connectivity index (χ0n) is 46.8. The van der Waals surface area contributed by atoms with Gasteiger partial charge in [-0.3, -0.25) is 4.98 Å². The molecule has 67 heavy (non-hydrogen) atoms. The molecule has 6 heteroatoms. The molecule has 0 amide bonds. The molecular weight excluding hydrogens is 1010 g/mol. The van der Waals surface area contributed by atoms with Gasteiger partial charge in [0.1, 0.15) is 0 Å². The van der Waals surface area contributed by atoms with Crippen LogP contribution in [0.3, 0.4) is 0 Å². The number of rotatable bonds is 10. The third-order valence-corrected chi connectivity index (χ3v) is 14.4. The van der Waals surface area contributed by atoms with Crippen LogP contribution in [0.15, 0.2) is 152 Å². The van der Waals surface area contributed by atoms with E-state index in [-0.39, 0.29) is 43.7 Å². The van der Waals surface area contributed by atoms with Crippen LogP contribution in [0.2, 0.25) is 19.6 Å². The SMILES string of the molecule is CC(C)c1cccc(C(C)C)c1Cn1c(-c2[c-]cc3c(c2)c2c4ccccc4ccc2n3-c2ccccc2)nc2ccccc21.[2H]c1[c-]c(-c2cc(C([2H])([2H])C(C)C)c([Si](C)(C)C)cn2)cc([2H])c1C([2H])([2H])[2H].[Ir]. The zero-order chi connectivity index (χ0) is 52.3. The van der Waals surface area contributed by atoms with Gasteiger partial charge in [-0.05, 0) is 104 Å². The van der Waals surface area contributed by atoms with E-state index in [9.17, 15) is 0 Å². The van der Waals surface area contributed by atoms with Gasteiger partial charge in [0, 0.05) is 53.6 Å². The Morgan fingerprint density at radius 3 is 2.13 bits per heavy atom. The zero-order valence-corrected chi connectivity index (χ0v) is 43.2. The van der Waals surface area contributed by atoms with E-state index >= 15 is 0 Å². The summed E-state index contributed by atoms with van der Waals surface area (Å²) in [6.07, 6.45) is 0.120. The minimum atomic E-state index is -2.56. The number of aromatic nitrogens is 4. The molecule has 10 aromatic rings. The number of para-hydroxylation sites is 3. The van der Waals surface area contributed by atoms with E-state index in [4.69, 9.17) is 14.6 Å². The van der Waals surface area contributed by atoms with Gasteiger partial charge >= 0.3 is 0 Å². The number of pyridine rings is 1. The first-order chi connectivity index (χ1) is 34.6. The van der Waals surface area contributed by atoms with Crippen molar-refractivity contribution in [1.29, 1.82) is 0 Å². The van der Waals surface area contributed by atoms with Crippen molar-refractivity contribution in [2.75, 3.05) is 0 Å². The third-order valence-electron chi connectivity index (χ3n) is 12.4. The van der Waals surface area contributed by atoms with E-state index in [1.807, 2.05) is 13.8 Å². The average Bonchev–Trinajstić information content (AvgIpc) is 3.88. The van der Waals surface area contributed by atoms with Gasteiger partial charge in [-0.2, -0.15) is 0 Å². The maximum Gasteiger partial charge on any atom is 0.0798 e. The summed E-state index contributed by atoms with van der Waals surface area (Å²) < 4.78 is 60.6. The Balaban J connectivity index is 0.000000218. The molecular formula is C61H62IrN4Si-2. The van der Waals surface area contributed by atoms with Gasteiger partial charge in [0.15, 0.2) is 0 Å². The Bertz CT molecular complexity index is 3630. The standard InChI is InChI=1S/C42H36N3.C19H26NSi.Ir/c1-27(2)32-17-12-18-33(28(3)4)36(32)26-44-39-20-11-10-19-37(39)43-42(44)30-22-23-38-35(25-30)41-34-16-9-8-13-29(34)21-24-40(41)45(38)31-14-6-5-7-15-31;1-14(2)11-17-12-18(16-9-7-15(3)8-10-16)20-13-19(17)21(4,5)6;/h5-21,23-25,27-28H,26H2,1-4H3;7-9,12-14H,11H2,1-6H3;/q2*-1;/i;3D3,7D,8D,11D2;. The van der Waals surface area contributed by atoms with Crippen molar-refractivity contribution in [2.45, 2.75) is 92.8 Å². The second-order valence-electron chi connectivity index (χ2n) is 19.2. The number of benzene rings is 7. The Hall–Kier alpha value is -5.91. The Labute approximate surface area is 422 Å². The number of imidazole rings is 1. The molecule has 0 spiro atoms. The van der Waals surface area contributed by atoms with Gasteiger partial charge in [0.05, 0.1) is 24.9 Å². The van der Waals surface area contributed by atoms with E-state index in [0.717, 1.165) is 45.4 Å². The Morgan fingerprint density at radius 1 is 0.716 bits per heavy atom. The van der Waals surface area contributed by atoms with Crippen molar-refractivity contribution in [2.24, 2.45) is 5.92 Å². The van der Waals surface area contributed by atoms with E-state index < -0.39 is 21.3 Å². The fourth-order valence-electron chi connectivity index (χ4n) is 9.31. The quantitative estimate of drug-likeness (QED) is 0.101. The monoisotopic (exact) mass is 1080 g/mol. The van der Waals surface area contributed by atoms with Crippen LogP contribution < -0.4 is 5.19 Å². The number of fused-ring (bicyclic) bond motifs is 6. The molecule has 0 N–H and O–H groups in total. The van der Waals surface area contributed by atoms with Crippen LogP contribution in [0.4, 0.5) is 0 Å². The second kappa shape index (κ2) is 19.7. The molecule has 3 aromatic heterocycles. The smallest absolute Gasteiger partial charge is 0.0798 e. The summed E-state index contributed by atoms with van der Waals surface area (Å²) in [5, 5.41) is 5.89. The summed E-state index contributed by atoms with van der Waals surface area (Å²) in [5.74, 6) is 1.56. The summed E-state index contributed by atoms with van der Waals surface area (Å²) >= 11 is 0. The summed E-state index contributed by atoms with van der Waals surface area (Å²) in [6.45, 7) is 17.4. The second-order valence-corrected chi connectivity index (χ2v) is 24.3. The number of hydrogen-bond donors (Lipinski definition) is 0. The fourth-order valence-corrected chi connectivity index (χ4v) is 10.7. The van der Waals surface area contributed by atoms with Crippen molar-refractivity contribution >= 4 is 56.9 Å². The van der Waals surface area contributed by atoms with Gasteiger partial charge in [-0.15, -0.1) is 59.1 Å². The van der Waals surface area contributed by atoms with Crippen LogP contribution in [0.25, 0.3) is 71.9 Å². The molecule has 0 bridgehead atoms. The maximum absolute atomic E-state index is 8.60. The Kier molecular flexibility index (Phi) is 11.5. The number of hydrogen-bond acceptors (Lipinski definition) is 2. The Morgan fingerprint density at radius 2 is 1.43 bits per heavy atom. The first-order valence-corrected chi connectivity index (χ1v) is 26.6. The molecule has 4 nitrogen and oxygen atoms in total. The molecule has 0 atom stereocenters. The van der Waals surface area contributed by atoms with Gasteiger partial charge < -0.3 is 14.1 Å². The molecule has 0 unspecified atom stereocenters. The minimum Gasteiger partial charge on any atom is -0.360 e. The summed E-state index contributed by atoms with van der Waals surface area (Å²) in [4.78, 5) is 9.72. The summed E-state index contributed by atoms with van der Waals surface area (Å²) in [7, 11) is -1.87. The molecule has 0 aliphatic carbocycles. The van der Waals surface area contributed by atoms with Crippen LogP contribution in [-0.2, 0) is 33.0 Å². The van der Waals surface area contributed by atoms with Crippen LogP contribution in [-0.4, -0.2) is 27.2 Å². The van der Waals surface area contributed by atoms with Crippen molar-refractivity contribution in [3.63, 3.8) is 0 Å². The van der Waals surface area contributed by atoms with Crippen LogP contribution >= 0.6 is 0 Å². The fraction of sp³-hybridized carbons (Fsp3) is 0.246. The molecule has 1 radical (unpaired) electrons.